The third-order valence-electron chi connectivity index (χ3n) is 4.32. The highest BCUT2D eigenvalue weighted by Gasteiger charge is 2.23. The predicted octanol–water partition coefficient (Wildman–Crippen LogP) is 2.59. The van der Waals surface area contributed by atoms with E-state index in [1.807, 2.05) is 12.3 Å². The van der Waals surface area contributed by atoms with Crippen molar-refractivity contribution in [3.63, 3.8) is 0 Å². The van der Waals surface area contributed by atoms with Gasteiger partial charge in [-0.3, -0.25) is 4.90 Å². The van der Waals surface area contributed by atoms with Gasteiger partial charge in [0.15, 0.2) is 0 Å². The molecule has 0 spiro atoms. The van der Waals surface area contributed by atoms with Crippen molar-refractivity contribution in [1.82, 2.24) is 15.2 Å². The molecule has 22 heavy (non-hydrogen) atoms. The van der Waals surface area contributed by atoms with Gasteiger partial charge in [-0.2, -0.15) is 0 Å². The van der Waals surface area contributed by atoms with Crippen molar-refractivity contribution in [3.05, 3.63) is 59.8 Å². The summed E-state index contributed by atoms with van der Waals surface area (Å²) in [6.45, 7) is 5.48. The normalized spacial score (nSPS) is 20.1. The van der Waals surface area contributed by atoms with Gasteiger partial charge in [0.25, 0.3) is 0 Å². The third-order valence-corrected chi connectivity index (χ3v) is 4.32. The molecule has 3 rings (SSSR count). The van der Waals surface area contributed by atoms with Crippen molar-refractivity contribution in [2.75, 3.05) is 18.8 Å². The van der Waals surface area contributed by atoms with Gasteiger partial charge in [0.2, 0.25) is 0 Å². The summed E-state index contributed by atoms with van der Waals surface area (Å²) in [7, 11) is 0. The van der Waals surface area contributed by atoms with Crippen molar-refractivity contribution >= 4 is 5.82 Å². The molecule has 2 aromatic rings. The molecule has 4 heteroatoms. The first-order valence-corrected chi connectivity index (χ1v) is 7.94. The van der Waals surface area contributed by atoms with Crippen molar-refractivity contribution in [2.45, 2.75) is 32.0 Å². The van der Waals surface area contributed by atoms with E-state index in [1.54, 1.807) is 0 Å². The van der Waals surface area contributed by atoms with Gasteiger partial charge >= 0.3 is 0 Å². The number of hydrogen-bond acceptors (Lipinski definition) is 4. The Labute approximate surface area is 132 Å². The first-order chi connectivity index (χ1) is 10.7. The van der Waals surface area contributed by atoms with E-state index in [-0.39, 0.29) is 0 Å². The molecule has 0 saturated carbocycles. The second kappa shape index (κ2) is 6.90. The molecule has 2 unspecified atom stereocenters. The summed E-state index contributed by atoms with van der Waals surface area (Å²) < 4.78 is 0. The lowest BCUT2D eigenvalue weighted by molar-refractivity contribution is 0.316. The zero-order valence-electron chi connectivity index (χ0n) is 13.1. The molecule has 4 nitrogen and oxygen atoms in total. The molecule has 0 amide bonds. The summed E-state index contributed by atoms with van der Waals surface area (Å²) >= 11 is 0. The van der Waals surface area contributed by atoms with Crippen LogP contribution in [0.5, 0.6) is 0 Å². The molecule has 116 valence electrons. The molecule has 3 N–H and O–H groups in total. The maximum atomic E-state index is 5.64. The molecule has 1 aliphatic rings. The number of anilines is 1. The number of nitrogen functional groups attached to an aromatic ring is 1. The highest BCUT2D eigenvalue weighted by Crippen LogP contribution is 2.18. The van der Waals surface area contributed by atoms with Crippen LogP contribution in [-0.4, -0.2) is 29.0 Å². The van der Waals surface area contributed by atoms with Crippen LogP contribution in [0.25, 0.3) is 0 Å². The van der Waals surface area contributed by atoms with Crippen LogP contribution in [0.2, 0.25) is 0 Å². The van der Waals surface area contributed by atoms with Crippen molar-refractivity contribution in [1.29, 1.82) is 0 Å². The van der Waals surface area contributed by atoms with Gasteiger partial charge in [-0.05, 0) is 30.5 Å². The smallest absolute Gasteiger partial charge is 0.123 e. The van der Waals surface area contributed by atoms with Gasteiger partial charge in [0.05, 0.1) is 0 Å². The first-order valence-electron chi connectivity index (χ1n) is 7.94. The Morgan fingerprint density at radius 2 is 2.09 bits per heavy atom. The number of nitrogens with two attached hydrogens (primary N) is 1. The van der Waals surface area contributed by atoms with E-state index in [0.717, 1.165) is 19.6 Å². The highest BCUT2D eigenvalue weighted by molar-refractivity contribution is 5.30. The zero-order chi connectivity index (χ0) is 15.4. The molecule has 0 aliphatic carbocycles. The van der Waals surface area contributed by atoms with Crippen LogP contribution >= 0.6 is 0 Å². The fraction of sp³-hybridized carbons (Fsp3) is 0.389. The maximum absolute atomic E-state index is 5.64. The Morgan fingerprint density at radius 3 is 2.82 bits per heavy atom. The number of hydrogen-bond donors (Lipinski definition) is 2. The van der Waals surface area contributed by atoms with E-state index >= 15 is 0 Å². The fourth-order valence-electron chi connectivity index (χ4n) is 3.08. The van der Waals surface area contributed by atoms with E-state index in [2.05, 4.69) is 58.5 Å². The molecular formula is C18H24N4. The monoisotopic (exact) mass is 296 g/mol. The summed E-state index contributed by atoms with van der Waals surface area (Å²) in [6.07, 6.45) is 3.06. The van der Waals surface area contributed by atoms with E-state index in [0.29, 0.717) is 17.9 Å². The summed E-state index contributed by atoms with van der Waals surface area (Å²) in [5.41, 5.74) is 8.22. The van der Waals surface area contributed by atoms with Crippen molar-refractivity contribution in [3.8, 4) is 0 Å². The van der Waals surface area contributed by atoms with Gasteiger partial charge in [-0.15, -0.1) is 0 Å². The quantitative estimate of drug-likeness (QED) is 0.890. The van der Waals surface area contributed by atoms with E-state index in [4.69, 9.17) is 5.73 Å². The number of nitrogens with one attached hydrogen (secondary N) is 1. The SMILES string of the molecule is CC(NC1CCN(Cc2ccccc2)C1)c1ccc(N)nc1. The topological polar surface area (TPSA) is 54.2 Å². The Bertz CT molecular complexity index is 582. The standard InChI is InChI=1S/C18H24N4/c1-14(16-7-8-18(19)20-11-16)21-17-9-10-22(13-17)12-15-5-3-2-4-6-15/h2-8,11,14,17,21H,9-10,12-13H2,1H3,(H2,19,20). The molecule has 2 heterocycles. The summed E-state index contributed by atoms with van der Waals surface area (Å²) in [5, 5.41) is 3.71. The molecule has 0 bridgehead atoms. The van der Waals surface area contributed by atoms with Crippen LogP contribution in [0.15, 0.2) is 48.7 Å². The van der Waals surface area contributed by atoms with Gasteiger partial charge in [-0.25, -0.2) is 4.98 Å². The van der Waals surface area contributed by atoms with Crippen LogP contribution in [0, 0.1) is 0 Å². The zero-order valence-corrected chi connectivity index (χ0v) is 13.1. The first kappa shape index (κ1) is 15.0. The number of aromatic nitrogens is 1. The molecule has 2 atom stereocenters. The van der Waals surface area contributed by atoms with Crippen molar-refractivity contribution in [2.24, 2.45) is 0 Å². The predicted molar refractivity (Wildman–Crippen MR) is 90.3 cm³/mol. The Morgan fingerprint density at radius 1 is 1.27 bits per heavy atom. The average Bonchev–Trinajstić information content (AvgIpc) is 2.96. The highest BCUT2D eigenvalue weighted by atomic mass is 15.2. The minimum Gasteiger partial charge on any atom is -0.384 e. The van der Waals surface area contributed by atoms with Gasteiger partial charge in [0, 0.05) is 37.9 Å². The fourth-order valence-corrected chi connectivity index (χ4v) is 3.08. The molecular weight excluding hydrogens is 272 g/mol. The lowest BCUT2D eigenvalue weighted by atomic mass is 10.1. The maximum Gasteiger partial charge on any atom is 0.123 e. The molecule has 1 aliphatic heterocycles. The Hall–Kier alpha value is -1.91. The van der Waals surface area contributed by atoms with Crippen LogP contribution < -0.4 is 11.1 Å². The molecule has 1 fully saturated rings. The number of likely N-dealkylation sites (tertiary alicyclic amines) is 1. The minimum absolute atomic E-state index is 0.301. The second-order valence-corrected chi connectivity index (χ2v) is 6.11. The van der Waals surface area contributed by atoms with Gasteiger partial charge < -0.3 is 11.1 Å². The number of benzene rings is 1. The Kier molecular flexibility index (Phi) is 4.71. The molecule has 1 aromatic carbocycles. The van der Waals surface area contributed by atoms with E-state index < -0.39 is 0 Å². The van der Waals surface area contributed by atoms with Crippen LogP contribution in [0.4, 0.5) is 5.82 Å². The third kappa shape index (κ3) is 3.84. The lowest BCUT2D eigenvalue weighted by Gasteiger charge is -2.21. The van der Waals surface area contributed by atoms with Gasteiger partial charge in [-0.1, -0.05) is 36.4 Å². The van der Waals surface area contributed by atoms with Crippen molar-refractivity contribution < 1.29 is 0 Å². The van der Waals surface area contributed by atoms with E-state index in [9.17, 15) is 0 Å². The Balaban J connectivity index is 1.51. The lowest BCUT2D eigenvalue weighted by Crippen LogP contribution is -2.34. The second-order valence-electron chi connectivity index (χ2n) is 6.11. The summed E-state index contributed by atoms with van der Waals surface area (Å²) in [5.74, 6) is 0.575. The number of pyridine rings is 1. The van der Waals surface area contributed by atoms with Crippen LogP contribution in [-0.2, 0) is 6.54 Å². The molecule has 0 radical (unpaired) electrons. The minimum atomic E-state index is 0.301. The van der Waals surface area contributed by atoms with Crippen LogP contribution in [0.1, 0.15) is 30.5 Å². The number of nitrogens with zero attached hydrogens (tertiary/aromatic N) is 2. The number of rotatable bonds is 5. The molecule has 1 saturated heterocycles. The van der Waals surface area contributed by atoms with E-state index in [1.165, 1.54) is 17.5 Å². The summed E-state index contributed by atoms with van der Waals surface area (Å²) in [6, 6.07) is 15.4. The summed E-state index contributed by atoms with van der Waals surface area (Å²) in [4.78, 5) is 6.69. The van der Waals surface area contributed by atoms with Crippen LogP contribution in [0.3, 0.4) is 0 Å². The largest absolute Gasteiger partial charge is 0.384 e. The van der Waals surface area contributed by atoms with Gasteiger partial charge in [0.1, 0.15) is 5.82 Å². The average molecular weight is 296 g/mol. The molecule has 1 aromatic heterocycles.